The third-order valence-corrected chi connectivity index (χ3v) is 2.99. The summed E-state index contributed by atoms with van der Waals surface area (Å²) in [5.41, 5.74) is -0.0967. The maximum Gasteiger partial charge on any atom is 2.00 e. The van der Waals surface area contributed by atoms with E-state index < -0.39 is 5.97 Å². The van der Waals surface area contributed by atoms with Crippen LogP contribution in [0.2, 0.25) is 0 Å². The van der Waals surface area contributed by atoms with Crippen LogP contribution in [0.5, 0.6) is 5.75 Å². The zero-order valence-corrected chi connectivity index (χ0v) is 12.1. The molecule has 0 saturated heterocycles. The molecule has 0 atom stereocenters. The van der Waals surface area contributed by atoms with Gasteiger partial charge in [-0.05, 0) is 32.8 Å². The number of hydrogen-bond acceptors (Lipinski definition) is 2. The molecule has 0 unspecified atom stereocenters. The minimum Gasteiger partial charge on any atom is -1.00 e. The van der Waals surface area contributed by atoms with Gasteiger partial charge in [-0.25, -0.2) is 4.79 Å². The van der Waals surface area contributed by atoms with Crippen molar-refractivity contribution in [3.8, 4) is 5.75 Å². The number of aromatic hydroxyl groups is 1. The first kappa shape index (κ1) is 13.8. The van der Waals surface area contributed by atoms with Crippen LogP contribution in [-0.2, 0) is 0 Å². The maximum absolute atomic E-state index is 10.8. The summed E-state index contributed by atoms with van der Waals surface area (Å²) >= 11 is 3.19. The monoisotopic (exact) mass is 308 g/mol. The molecule has 16 heavy (non-hydrogen) atoms. The Kier molecular flexibility index (Phi) is 4.61. The van der Waals surface area contributed by atoms with Crippen LogP contribution in [0, 0.1) is 0 Å². The molecule has 2 aromatic carbocycles. The van der Waals surface area contributed by atoms with Crippen molar-refractivity contribution in [3.05, 3.63) is 40.4 Å². The topological polar surface area (TPSA) is 57.5 Å². The third kappa shape index (κ3) is 2.35. The minimum absolute atomic E-state index is 0. The largest absolute Gasteiger partial charge is 2.00 e. The smallest absolute Gasteiger partial charge is 1.00 e. The molecule has 2 N–H and O–H groups in total. The van der Waals surface area contributed by atoms with E-state index in [1.165, 1.54) is 6.07 Å². The molecular formula is C11H9BrCaO3. The van der Waals surface area contributed by atoms with Gasteiger partial charge in [-0.3, -0.25) is 0 Å². The van der Waals surface area contributed by atoms with Crippen molar-refractivity contribution < 1.29 is 17.9 Å². The Morgan fingerprint density at radius 1 is 1.31 bits per heavy atom. The van der Waals surface area contributed by atoms with Crippen LogP contribution in [0.25, 0.3) is 10.8 Å². The fraction of sp³-hybridized carbons (Fsp3) is 0. The van der Waals surface area contributed by atoms with E-state index in [2.05, 4.69) is 15.9 Å². The Hall–Kier alpha value is -0.290. The van der Waals surface area contributed by atoms with Crippen molar-refractivity contribution in [1.82, 2.24) is 0 Å². The number of phenols is 1. The predicted octanol–water partition coefficient (Wildman–Crippen LogP) is 2.85. The third-order valence-electron chi connectivity index (χ3n) is 2.19. The molecule has 2 aromatic rings. The first-order valence-electron chi connectivity index (χ1n) is 4.25. The van der Waals surface area contributed by atoms with E-state index in [0.717, 1.165) is 10.8 Å². The number of halogens is 1. The van der Waals surface area contributed by atoms with E-state index in [1.54, 1.807) is 6.07 Å². The van der Waals surface area contributed by atoms with Crippen LogP contribution in [0.4, 0.5) is 0 Å². The number of carbonyl (C=O) groups is 1. The van der Waals surface area contributed by atoms with Gasteiger partial charge in [0.15, 0.2) is 0 Å². The second-order valence-corrected chi connectivity index (χ2v) is 3.91. The van der Waals surface area contributed by atoms with Crippen LogP contribution in [0.15, 0.2) is 34.8 Å². The zero-order chi connectivity index (χ0) is 11.0. The van der Waals surface area contributed by atoms with E-state index in [9.17, 15) is 9.90 Å². The SMILES string of the molecule is O=C(O)c1cc2ccccc2c(Br)c1O.[Ca+2].[H-].[H-]. The molecule has 0 fully saturated rings. The molecule has 0 aliphatic rings. The first-order valence-corrected chi connectivity index (χ1v) is 5.04. The Bertz CT molecular complexity index is 563. The summed E-state index contributed by atoms with van der Waals surface area (Å²) in [6, 6.07) is 8.71. The minimum atomic E-state index is -1.14. The van der Waals surface area contributed by atoms with E-state index in [-0.39, 0.29) is 51.9 Å². The van der Waals surface area contributed by atoms with Crippen molar-refractivity contribution in [3.63, 3.8) is 0 Å². The fourth-order valence-electron chi connectivity index (χ4n) is 1.46. The van der Waals surface area contributed by atoms with E-state index in [1.807, 2.05) is 18.2 Å². The van der Waals surface area contributed by atoms with Gasteiger partial charge in [0, 0.05) is 0 Å². The summed E-state index contributed by atoms with van der Waals surface area (Å²) in [6.07, 6.45) is 0. The van der Waals surface area contributed by atoms with Crippen molar-refractivity contribution in [2.75, 3.05) is 0 Å². The molecular weight excluding hydrogens is 300 g/mol. The molecule has 80 valence electrons. The Labute approximate surface area is 133 Å². The van der Waals surface area contributed by atoms with Crippen molar-refractivity contribution in [1.29, 1.82) is 0 Å². The quantitative estimate of drug-likeness (QED) is 0.796. The average Bonchev–Trinajstić information content (AvgIpc) is 2.23. The number of hydrogen-bond donors (Lipinski definition) is 2. The number of rotatable bonds is 1. The molecule has 0 aliphatic carbocycles. The van der Waals surface area contributed by atoms with Gasteiger partial charge in [0.05, 0.1) is 4.47 Å². The average molecular weight is 309 g/mol. The standard InChI is InChI=1S/C11H7BrO3.Ca.2H/c12-9-7-4-2-1-3-6(7)5-8(10(9)13)11(14)15;;;/h1-5,13H,(H,14,15);;;/q;+2;2*-1. The summed E-state index contributed by atoms with van der Waals surface area (Å²) in [4.78, 5) is 10.8. The molecule has 0 aromatic heterocycles. The molecule has 0 heterocycles. The van der Waals surface area contributed by atoms with Crippen LogP contribution in [0.1, 0.15) is 13.2 Å². The summed E-state index contributed by atoms with van der Waals surface area (Å²) in [5, 5.41) is 20.1. The van der Waals surface area contributed by atoms with Crippen molar-refractivity contribution in [2.24, 2.45) is 0 Å². The van der Waals surface area contributed by atoms with Crippen LogP contribution < -0.4 is 0 Å². The molecule has 0 saturated carbocycles. The number of carboxylic acid groups (broad SMARTS) is 1. The van der Waals surface area contributed by atoms with Gasteiger partial charge in [-0.15, -0.1) is 0 Å². The van der Waals surface area contributed by atoms with Gasteiger partial charge < -0.3 is 13.1 Å². The molecule has 0 aliphatic heterocycles. The Morgan fingerprint density at radius 2 is 1.94 bits per heavy atom. The number of carboxylic acids is 1. The summed E-state index contributed by atoms with van der Waals surface area (Å²) in [7, 11) is 0. The molecule has 0 spiro atoms. The zero-order valence-electron chi connectivity index (χ0n) is 10.3. The number of aromatic carboxylic acids is 1. The van der Waals surface area contributed by atoms with Gasteiger partial charge in [0.25, 0.3) is 0 Å². The maximum atomic E-state index is 10.8. The van der Waals surface area contributed by atoms with Crippen molar-refractivity contribution in [2.45, 2.75) is 0 Å². The molecule has 2 rings (SSSR count). The van der Waals surface area contributed by atoms with Gasteiger partial charge in [-0.2, -0.15) is 0 Å². The second kappa shape index (κ2) is 5.36. The first-order chi connectivity index (χ1) is 7.11. The van der Waals surface area contributed by atoms with Crippen LogP contribution >= 0.6 is 15.9 Å². The van der Waals surface area contributed by atoms with Crippen LogP contribution in [0.3, 0.4) is 0 Å². The van der Waals surface area contributed by atoms with E-state index in [4.69, 9.17) is 5.11 Å². The van der Waals surface area contributed by atoms with Crippen molar-refractivity contribution >= 4 is 70.4 Å². The number of benzene rings is 2. The Morgan fingerprint density at radius 3 is 2.56 bits per heavy atom. The number of fused-ring (bicyclic) bond motifs is 1. The normalized spacial score (nSPS) is 9.81. The molecule has 0 amide bonds. The van der Waals surface area contributed by atoms with Gasteiger partial charge in [-0.1, -0.05) is 24.3 Å². The van der Waals surface area contributed by atoms with Gasteiger partial charge in [0.2, 0.25) is 0 Å². The molecule has 0 bridgehead atoms. The van der Waals surface area contributed by atoms with E-state index >= 15 is 0 Å². The van der Waals surface area contributed by atoms with Gasteiger partial charge >= 0.3 is 43.7 Å². The molecule has 5 heteroatoms. The van der Waals surface area contributed by atoms with E-state index in [0.29, 0.717) is 4.47 Å². The molecule has 0 radical (unpaired) electrons. The van der Waals surface area contributed by atoms with Crippen LogP contribution in [-0.4, -0.2) is 53.9 Å². The second-order valence-electron chi connectivity index (χ2n) is 3.11. The summed E-state index contributed by atoms with van der Waals surface area (Å²) in [6.45, 7) is 0. The summed E-state index contributed by atoms with van der Waals surface area (Å²) in [5.74, 6) is -1.37. The Balaban J connectivity index is 0. The fourth-order valence-corrected chi connectivity index (χ4v) is 2.03. The summed E-state index contributed by atoms with van der Waals surface area (Å²) < 4.78 is 0.415. The molecule has 3 nitrogen and oxygen atoms in total. The van der Waals surface area contributed by atoms with Gasteiger partial charge in [0.1, 0.15) is 11.3 Å². The predicted molar refractivity (Wildman–Crippen MR) is 68.3 cm³/mol.